The van der Waals surface area contributed by atoms with E-state index < -0.39 is 21.9 Å². The number of carboxylic acids is 1. The van der Waals surface area contributed by atoms with Gasteiger partial charge in [0.15, 0.2) is 0 Å². The molecule has 21 heavy (non-hydrogen) atoms. The van der Waals surface area contributed by atoms with Gasteiger partial charge < -0.3 is 9.84 Å². The molecular formula is C14H27NO5S. The van der Waals surface area contributed by atoms with Crippen molar-refractivity contribution in [3.63, 3.8) is 0 Å². The predicted octanol–water partition coefficient (Wildman–Crippen LogP) is 1.47. The van der Waals surface area contributed by atoms with E-state index in [0.717, 1.165) is 12.8 Å². The lowest BCUT2D eigenvalue weighted by Crippen LogP contribution is -2.35. The van der Waals surface area contributed by atoms with Crippen LogP contribution in [0.4, 0.5) is 0 Å². The second kappa shape index (κ2) is 8.70. The summed E-state index contributed by atoms with van der Waals surface area (Å²) in [6, 6.07) is 0. The van der Waals surface area contributed by atoms with Crippen molar-refractivity contribution in [1.82, 2.24) is 4.72 Å². The zero-order valence-corrected chi connectivity index (χ0v) is 13.7. The minimum Gasteiger partial charge on any atom is -0.481 e. The molecule has 1 rings (SSSR count). The summed E-state index contributed by atoms with van der Waals surface area (Å²) < 4.78 is 31.6. The minimum atomic E-state index is -3.40. The van der Waals surface area contributed by atoms with E-state index in [9.17, 15) is 13.2 Å². The van der Waals surface area contributed by atoms with Crippen LogP contribution in [-0.2, 0) is 19.6 Å². The first-order chi connectivity index (χ1) is 9.80. The number of aliphatic carboxylic acids is 1. The molecule has 0 bridgehead atoms. The fourth-order valence-corrected chi connectivity index (χ4v) is 3.74. The van der Waals surface area contributed by atoms with Crippen molar-refractivity contribution in [3.05, 3.63) is 0 Å². The normalized spacial score (nSPS) is 18.8. The molecule has 0 spiro atoms. The van der Waals surface area contributed by atoms with Gasteiger partial charge in [-0.05, 0) is 37.5 Å². The Morgan fingerprint density at radius 1 is 1.33 bits per heavy atom. The number of carboxylic acid groups (broad SMARTS) is 1. The Labute approximate surface area is 127 Å². The van der Waals surface area contributed by atoms with Crippen molar-refractivity contribution in [3.8, 4) is 0 Å². The molecule has 6 nitrogen and oxygen atoms in total. The van der Waals surface area contributed by atoms with Crippen LogP contribution in [0.5, 0.6) is 0 Å². The van der Waals surface area contributed by atoms with Gasteiger partial charge in [0.2, 0.25) is 10.0 Å². The number of nitrogens with one attached hydrogen (secondary N) is 1. The highest BCUT2D eigenvalue weighted by molar-refractivity contribution is 7.89. The van der Waals surface area contributed by atoms with Crippen LogP contribution in [0.2, 0.25) is 0 Å². The lowest BCUT2D eigenvalue weighted by Gasteiger charge is -2.22. The van der Waals surface area contributed by atoms with Gasteiger partial charge in [-0.1, -0.05) is 13.8 Å². The molecule has 0 saturated carbocycles. The van der Waals surface area contributed by atoms with Crippen molar-refractivity contribution in [2.75, 3.05) is 25.5 Å². The topological polar surface area (TPSA) is 92.7 Å². The molecular weight excluding hydrogens is 294 g/mol. The summed E-state index contributed by atoms with van der Waals surface area (Å²) in [5.74, 6) is -0.941. The van der Waals surface area contributed by atoms with Crippen molar-refractivity contribution in [1.29, 1.82) is 0 Å². The van der Waals surface area contributed by atoms with E-state index in [0.29, 0.717) is 32.0 Å². The van der Waals surface area contributed by atoms with Gasteiger partial charge in [-0.3, -0.25) is 4.79 Å². The van der Waals surface area contributed by atoms with Crippen molar-refractivity contribution < 1.29 is 23.1 Å². The summed E-state index contributed by atoms with van der Waals surface area (Å²) in [7, 11) is -3.40. The summed E-state index contributed by atoms with van der Waals surface area (Å²) in [5, 5.41) is 9.10. The Kier molecular flexibility index (Phi) is 7.62. The standard InChI is InChI=1S/C14H27NO5S/c1-11(2)9-13(14(16)17)10-15-21(18,19)8-5-12-3-6-20-7-4-12/h11-13,15H,3-10H2,1-2H3,(H,16,17). The van der Waals surface area contributed by atoms with Crippen molar-refractivity contribution >= 4 is 16.0 Å². The molecule has 0 aromatic carbocycles. The van der Waals surface area contributed by atoms with E-state index in [1.54, 1.807) is 0 Å². The first kappa shape index (κ1) is 18.4. The van der Waals surface area contributed by atoms with Gasteiger partial charge in [-0.25, -0.2) is 13.1 Å². The SMILES string of the molecule is CC(C)CC(CNS(=O)(=O)CCC1CCOCC1)C(=O)O. The Bertz CT molecular complexity index is 415. The van der Waals surface area contributed by atoms with Crippen LogP contribution in [0.15, 0.2) is 0 Å². The molecule has 1 heterocycles. The quantitative estimate of drug-likeness (QED) is 0.671. The molecule has 1 saturated heterocycles. The molecule has 0 amide bonds. The zero-order chi connectivity index (χ0) is 15.9. The van der Waals surface area contributed by atoms with E-state index in [2.05, 4.69) is 4.72 Å². The number of hydrogen-bond acceptors (Lipinski definition) is 4. The number of sulfonamides is 1. The Balaban J connectivity index is 2.38. The first-order valence-corrected chi connectivity index (χ1v) is 9.23. The maximum atomic E-state index is 12.0. The highest BCUT2D eigenvalue weighted by Crippen LogP contribution is 2.19. The van der Waals surface area contributed by atoms with E-state index in [1.807, 2.05) is 13.8 Å². The average molecular weight is 321 g/mol. The van der Waals surface area contributed by atoms with Crippen LogP contribution < -0.4 is 4.72 Å². The summed E-state index contributed by atoms with van der Waals surface area (Å²) in [6.45, 7) is 5.23. The van der Waals surface area contributed by atoms with Crippen molar-refractivity contribution in [2.45, 2.75) is 39.5 Å². The third kappa shape index (κ3) is 7.78. The molecule has 1 aliphatic heterocycles. The first-order valence-electron chi connectivity index (χ1n) is 7.58. The largest absolute Gasteiger partial charge is 0.481 e. The summed E-state index contributed by atoms with van der Waals surface area (Å²) >= 11 is 0. The molecule has 124 valence electrons. The third-order valence-corrected chi connectivity index (χ3v) is 5.17. The predicted molar refractivity (Wildman–Crippen MR) is 80.5 cm³/mol. The lowest BCUT2D eigenvalue weighted by atomic mass is 9.97. The molecule has 1 unspecified atom stereocenters. The number of rotatable bonds is 9. The van der Waals surface area contributed by atoms with E-state index in [-0.39, 0.29) is 18.2 Å². The molecule has 1 aliphatic rings. The fraction of sp³-hybridized carbons (Fsp3) is 0.929. The number of hydrogen-bond donors (Lipinski definition) is 2. The molecule has 0 aromatic heterocycles. The molecule has 0 aliphatic carbocycles. The van der Waals surface area contributed by atoms with Crippen LogP contribution >= 0.6 is 0 Å². The van der Waals surface area contributed by atoms with Crippen LogP contribution in [-0.4, -0.2) is 45.0 Å². The van der Waals surface area contributed by atoms with E-state index in [1.165, 1.54) is 0 Å². The lowest BCUT2D eigenvalue weighted by molar-refractivity contribution is -0.142. The molecule has 1 atom stereocenters. The van der Waals surface area contributed by atoms with Crippen LogP contribution in [0.25, 0.3) is 0 Å². The number of ether oxygens (including phenoxy) is 1. The maximum absolute atomic E-state index is 12.0. The molecule has 2 N–H and O–H groups in total. The highest BCUT2D eigenvalue weighted by atomic mass is 32.2. The minimum absolute atomic E-state index is 0.0242. The third-order valence-electron chi connectivity index (χ3n) is 3.79. The van der Waals surface area contributed by atoms with Crippen LogP contribution in [0, 0.1) is 17.8 Å². The van der Waals surface area contributed by atoms with Crippen LogP contribution in [0.3, 0.4) is 0 Å². The average Bonchev–Trinajstić information content (AvgIpc) is 2.42. The van der Waals surface area contributed by atoms with Gasteiger partial charge in [0.05, 0.1) is 11.7 Å². The smallest absolute Gasteiger partial charge is 0.307 e. The maximum Gasteiger partial charge on any atom is 0.307 e. The molecule has 0 radical (unpaired) electrons. The van der Waals surface area contributed by atoms with E-state index in [4.69, 9.17) is 9.84 Å². The van der Waals surface area contributed by atoms with Gasteiger partial charge in [-0.15, -0.1) is 0 Å². The molecule has 0 aromatic rings. The number of carbonyl (C=O) groups is 1. The van der Waals surface area contributed by atoms with Gasteiger partial charge in [-0.2, -0.15) is 0 Å². The Hall–Kier alpha value is -0.660. The zero-order valence-electron chi connectivity index (χ0n) is 12.9. The molecule has 1 fully saturated rings. The van der Waals surface area contributed by atoms with Crippen molar-refractivity contribution in [2.24, 2.45) is 17.8 Å². The molecule has 7 heteroatoms. The van der Waals surface area contributed by atoms with Gasteiger partial charge in [0.1, 0.15) is 0 Å². The van der Waals surface area contributed by atoms with Gasteiger partial charge >= 0.3 is 5.97 Å². The summed E-state index contributed by atoms with van der Waals surface area (Å²) in [4.78, 5) is 11.1. The summed E-state index contributed by atoms with van der Waals surface area (Å²) in [5.41, 5.74) is 0. The second-order valence-electron chi connectivity index (χ2n) is 6.18. The van der Waals surface area contributed by atoms with Gasteiger partial charge in [0.25, 0.3) is 0 Å². The second-order valence-corrected chi connectivity index (χ2v) is 8.10. The Morgan fingerprint density at radius 2 is 1.95 bits per heavy atom. The monoisotopic (exact) mass is 321 g/mol. The summed E-state index contributed by atoms with van der Waals surface area (Å²) in [6.07, 6.45) is 2.89. The fourth-order valence-electron chi connectivity index (χ4n) is 2.50. The van der Waals surface area contributed by atoms with E-state index >= 15 is 0 Å². The van der Waals surface area contributed by atoms with Gasteiger partial charge in [0, 0.05) is 19.8 Å². The Morgan fingerprint density at radius 3 is 2.48 bits per heavy atom. The van der Waals surface area contributed by atoms with Crippen LogP contribution in [0.1, 0.15) is 39.5 Å². The highest BCUT2D eigenvalue weighted by Gasteiger charge is 2.23.